The highest BCUT2D eigenvalue weighted by molar-refractivity contribution is 5.68. The lowest BCUT2D eigenvalue weighted by molar-refractivity contribution is 0.565. The maximum absolute atomic E-state index is 10.2. The van der Waals surface area contributed by atoms with Crippen LogP contribution in [0.25, 0.3) is 0 Å². The highest BCUT2D eigenvalue weighted by Crippen LogP contribution is 2.29. The zero-order valence-electron chi connectivity index (χ0n) is 7.81. The van der Waals surface area contributed by atoms with Crippen molar-refractivity contribution in [2.75, 3.05) is 18.0 Å². The Morgan fingerprint density at radius 1 is 1.43 bits per heavy atom. The number of carbonyl (C=O) groups excluding carboxylic acids is 1. The van der Waals surface area contributed by atoms with E-state index in [0.29, 0.717) is 5.69 Å². The van der Waals surface area contributed by atoms with Crippen molar-refractivity contribution in [3.63, 3.8) is 0 Å². The summed E-state index contributed by atoms with van der Waals surface area (Å²) in [6.45, 7) is 2.07. The predicted octanol–water partition coefficient (Wildman–Crippen LogP) is 1.65. The van der Waals surface area contributed by atoms with Gasteiger partial charge in [-0.3, -0.25) is 4.98 Å². The molecule has 0 unspecified atom stereocenters. The predicted molar refractivity (Wildman–Crippen MR) is 53.5 cm³/mol. The Hall–Kier alpha value is -1.67. The van der Waals surface area contributed by atoms with Gasteiger partial charge in [-0.15, -0.1) is 0 Å². The normalized spacial score (nSPS) is 15.3. The summed E-state index contributed by atoms with van der Waals surface area (Å²) in [4.78, 5) is 20.0. The zero-order chi connectivity index (χ0) is 9.80. The van der Waals surface area contributed by atoms with Gasteiger partial charge in [-0.25, -0.2) is 4.79 Å². The molecule has 4 heteroatoms. The maximum atomic E-state index is 10.2. The lowest BCUT2D eigenvalue weighted by Gasteiger charge is -2.18. The van der Waals surface area contributed by atoms with Gasteiger partial charge < -0.3 is 4.90 Å². The number of hydrogen-bond donors (Lipinski definition) is 0. The number of nitrogens with zero attached hydrogens (tertiary/aromatic N) is 3. The summed E-state index contributed by atoms with van der Waals surface area (Å²) in [6, 6.07) is 1.89. The van der Waals surface area contributed by atoms with Crippen LogP contribution >= 0.6 is 0 Å². The molecular weight excluding hydrogens is 178 g/mol. The Labute approximate surface area is 82.3 Å². The molecule has 2 rings (SSSR count). The summed E-state index contributed by atoms with van der Waals surface area (Å²) in [5, 5.41) is 0. The molecule has 0 spiro atoms. The smallest absolute Gasteiger partial charge is 0.240 e. The lowest BCUT2D eigenvalue weighted by atomic mass is 10.3. The van der Waals surface area contributed by atoms with Crippen molar-refractivity contribution >= 4 is 17.5 Å². The van der Waals surface area contributed by atoms with Crippen molar-refractivity contribution in [2.45, 2.75) is 12.8 Å². The second-order valence-corrected chi connectivity index (χ2v) is 3.26. The van der Waals surface area contributed by atoms with E-state index in [1.165, 1.54) is 12.8 Å². The molecule has 2 heterocycles. The number of aromatic nitrogens is 1. The maximum Gasteiger partial charge on any atom is 0.240 e. The molecule has 0 N–H and O–H groups in total. The van der Waals surface area contributed by atoms with E-state index in [1.807, 2.05) is 6.07 Å². The van der Waals surface area contributed by atoms with E-state index in [2.05, 4.69) is 14.9 Å². The molecular formula is C10H11N3O. The molecule has 0 saturated carbocycles. The van der Waals surface area contributed by atoms with Crippen molar-refractivity contribution in [3.8, 4) is 0 Å². The third-order valence-corrected chi connectivity index (χ3v) is 2.39. The van der Waals surface area contributed by atoms with E-state index in [1.54, 1.807) is 18.5 Å². The van der Waals surface area contributed by atoms with Gasteiger partial charge in [0.25, 0.3) is 0 Å². The van der Waals surface area contributed by atoms with Gasteiger partial charge >= 0.3 is 0 Å². The number of pyridine rings is 1. The van der Waals surface area contributed by atoms with Crippen LogP contribution < -0.4 is 4.90 Å². The van der Waals surface area contributed by atoms with Gasteiger partial charge in [0.1, 0.15) is 5.69 Å². The van der Waals surface area contributed by atoms with E-state index < -0.39 is 0 Å². The van der Waals surface area contributed by atoms with Crippen LogP contribution in [0.1, 0.15) is 12.8 Å². The molecule has 1 aromatic heterocycles. The zero-order valence-corrected chi connectivity index (χ0v) is 7.81. The Morgan fingerprint density at radius 2 is 2.21 bits per heavy atom. The van der Waals surface area contributed by atoms with Crippen LogP contribution in [0.15, 0.2) is 23.5 Å². The first kappa shape index (κ1) is 8.91. The monoisotopic (exact) mass is 189 g/mol. The molecule has 1 aliphatic heterocycles. The van der Waals surface area contributed by atoms with Gasteiger partial charge in [-0.2, -0.15) is 4.99 Å². The minimum atomic E-state index is 0.615. The number of isocyanates is 1. The van der Waals surface area contributed by atoms with Crippen molar-refractivity contribution in [1.29, 1.82) is 0 Å². The van der Waals surface area contributed by atoms with E-state index in [-0.39, 0.29) is 0 Å². The first-order valence-electron chi connectivity index (χ1n) is 4.68. The minimum absolute atomic E-state index is 0.615. The summed E-state index contributed by atoms with van der Waals surface area (Å²) in [5.41, 5.74) is 1.60. The van der Waals surface area contributed by atoms with Crippen LogP contribution in [0.4, 0.5) is 11.4 Å². The van der Waals surface area contributed by atoms with E-state index in [0.717, 1.165) is 18.8 Å². The van der Waals surface area contributed by atoms with Crippen LogP contribution in [0.5, 0.6) is 0 Å². The number of anilines is 1. The topological polar surface area (TPSA) is 45.6 Å². The van der Waals surface area contributed by atoms with Gasteiger partial charge in [0, 0.05) is 19.3 Å². The molecule has 4 nitrogen and oxygen atoms in total. The van der Waals surface area contributed by atoms with Crippen molar-refractivity contribution in [2.24, 2.45) is 4.99 Å². The van der Waals surface area contributed by atoms with Gasteiger partial charge in [0.05, 0.1) is 11.9 Å². The Morgan fingerprint density at radius 3 is 2.93 bits per heavy atom. The van der Waals surface area contributed by atoms with Crippen molar-refractivity contribution in [3.05, 3.63) is 18.5 Å². The van der Waals surface area contributed by atoms with Crippen LogP contribution in [-0.2, 0) is 4.79 Å². The van der Waals surface area contributed by atoms with E-state index in [9.17, 15) is 4.79 Å². The second-order valence-electron chi connectivity index (χ2n) is 3.26. The van der Waals surface area contributed by atoms with Gasteiger partial charge in [0.2, 0.25) is 6.08 Å². The molecule has 0 atom stereocenters. The fourth-order valence-electron chi connectivity index (χ4n) is 1.74. The molecule has 0 aliphatic carbocycles. The Kier molecular flexibility index (Phi) is 2.56. The minimum Gasteiger partial charge on any atom is -0.370 e. The first-order chi connectivity index (χ1) is 6.92. The molecule has 0 bridgehead atoms. The summed E-state index contributed by atoms with van der Waals surface area (Å²) in [7, 11) is 0. The lowest BCUT2D eigenvalue weighted by Crippen LogP contribution is -2.17. The third kappa shape index (κ3) is 1.65. The average Bonchev–Trinajstić information content (AvgIpc) is 2.72. The number of aliphatic imine (C=N–C) groups is 1. The van der Waals surface area contributed by atoms with Crippen molar-refractivity contribution < 1.29 is 4.79 Å². The summed E-state index contributed by atoms with van der Waals surface area (Å²) >= 11 is 0. The molecule has 0 radical (unpaired) electrons. The summed E-state index contributed by atoms with van der Waals surface area (Å²) < 4.78 is 0. The molecule has 0 amide bonds. The number of hydrogen-bond acceptors (Lipinski definition) is 4. The number of rotatable bonds is 2. The van der Waals surface area contributed by atoms with Gasteiger partial charge in [0.15, 0.2) is 0 Å². The van der Waals surface area contributed by atoms with Gasteiger partial charge in [-0.1, -0.05) is 0 Å². The fraction of sp³-hybridized carbons (Fsp3) is 0.400. The average molecular weight is 189 g/mol. The molecule has 0 aromatic carbocycles. The summed E-state index contributed by atoms with van der Waals surface area (Å²) in [5.74, 6) is 0. The SMILES string of the molecule is O=C=Nc1cnccc1N1CCCC1. The first-order valence-corrected chi connectivity index (χ1v) is 4.68. The Balaban J connectivity index is 2.34. The van der Waals surface area contributed by atoms with Crippen LogP contribution in [0.2, 0.25) is 0 Å². The fourth-order valence-corrected chi connectivity index (χ4v) is 1.74. The molecule has 1 fully saturated rings. The third-order valence-electron chi connectivity index (χ3n) is 2.39. The Bertz CT molecular complexity index is 365. The highest BCUT2D eigenvalue weighted by atomic mass is 16.1. The van der Waals surface area contributed by atoms with Crippen LogP contribution in [0, 0.1) is 0 Å². The van der Waals surface area contributed by atoms with Crippen LogP contribution in [0.3, 0.4) is 0 Å². The molecule has 1 aromatic rings. The van der Waals surface area contributed by atoms with E-state index in [4.69, 9.17) is 0 Å². The molecule has 1 aliphatic rings. The second kappa shape index (κ2) is 4.03. The van der Waals surface area contributed by atoms with Crippen molar-refractivity contribution in [1.82, 2.24) is 4.98 Å². The molecule has 72 valence electrons. The van der Waals surface area contributed by atoms with Crippen LogP contribution in [-0.4, -0.2) is 24.2 Å². The largest absolute Gasteiger partial charge is 0.370 e. The van der Waals surface area contributed by atoms with E-state index >= 15 is 0 Å². The molecule has 1 saturated heterocycles. The summed E-state index contributed by atoms with van der Waals surface area (Å²) in [6.07, 6.45) is 7.27. The highest BCUT2D eigenvalue weighted by Gasteiger charge is 2.15. The quantitative estimate of drug-likeness (QED) is 0.525. The molecule has 14 heavy (non-hydrogen) atoms. The standard InChI is InChI=1S/C10H11N3O/c14-8-12-9-7-11-4-3-10(9)13-5-1-2-6-13/h3-4,7H,1-2,5-6H2. The van der Waals surface area contributed by atoms with Gasteiger partial charge in [-0.05, 0) is 18.9 Å².